The van der Waals surface area contributed by atoms with Gasteiger partial charge >= 0.3 is 0 Å². The molecular formula is C22H23FN8O. The fourth-order valence-corrected chi connectivity index (χ4v) is 3.40. The maximum Gasteiger partial charge on any atom is 0.226 e. The molecule has 2 fully saturated rings. The van der Waals surface area contributed by atoms with Gasteiger partial charge in [-0.05, 0) is 30.5 Å². The molecular weight excluding hydrogens is 411 g/mol. The molecule has 1 aliphatic carbocycles. The smallest absolute Gasteiger partial charge is 0.226 e. The lowest BCUT2D eigenvalue weighted by Crippen LogP contribution is -2.54. The molecule has 1 saturated heterocycles. The van der Waals surface area contributed by atoms with E-state index in [1.165, 1.54) is 12.1 Å². The zero-order valence-electron chi connectivity index (χ0n) is 17.3. The standard InChI is InChI=1S/C22H23FN8O/c23-16-3-1-14(2-4-16)10-26-22-29-18(28-19-11-24-7-8-25-19)9-20(30-22)31-12-15(13-31)21(32)27-17-5-6-17/h1-4,7-9,11,15,17H,5-6,10,12-13H2,(H,27,32)(H2,25,26,28,29,30). The van der Waals surface area contributed by atoms with Crippen molar-refractivity contribution >= 4 is 29.3 Å². The summed E-state index contributed by atoms with van der Waals surface area (Å²) in [5, 5.41) is 9.39. The first-order valence-corrected chi connectivity index (χ1v) is 10.6. The van der Waals surface area contributed by atoms with Gasteiger partial charge in [0.2, 0.25) is 11.9 Å². The summed E-state index contributed by atoms with van der Waals surface area (Å²) in [4.78, 5) is 31.7. The molecule has 1 aromatic carbocycles. The number of carbonyl (C=O) groups excluding carboxylic acids is 1. The van der Waals surface area contributed by atoms with Crippen LogP contribution in [-0.2, 0) is 11.3 Å². The van der Waals surface area contributed by atoms with Gasteiger partial charge in [-0.2, -0.15) is 9.97 Å². The van der Waals surface area contributed by atoms with E-state index in [1.807, 2.05) is 11.0 Å². The molecule has 0 unspecified atom stereocenters. The Morgan fingerprint density at radius 3 is 2.62 bits per heavy atom. The van der Waals surface area contributed by atoms with E-state index in [9.17, 15) is 9.18 Å². The van der Waals surface area contributed by atoms with Gasteiger partial charge in [-0.25, -0.2) is 9.37 Å². The molecule has 0 spiro atoms. The Labute approximate surface area is 184 Å². The Balaban J connectivity index is 1.30. The lowest BCUT2D eigenvalue weighted by atomic mass is 9.99. The summed E-state index contributed by atoms with van der Waals surface area (Å²) in [5.41, 5.74) is 0.907. The van der Waals surface area contributed by atoms with Gasteiger partial charge in [-0.1, -0.05) is 12.1 Å². The van der Waals surface area contributed by atoms with Crippen LogP contribution in [0.5, 0.6) is 0 Å². The zero-order chi connectivity index (χ0) is 21.9. The Morgan fingerprint density at radius 2 is 1.91 bits per heavy atom. The topological polar surface area (TPSA) is 108 Å². The van der Waals surface area contributed by atoms with E-state index in [4.69, 9.17) is 0 Å². The van der Waals surface area contributed by atoms with E-state index < -0.39 is 0 Å². The second kappa shape index (κ2) is 8.74. The highest BCUT2D eigenvalue weighted by atomic mass is 19.1. The van der Waals surface area contributed by atoms with E-state index >= 15 is 0 Å². The van der Waals surface area contributed by atoms with Gasteiger partial charge in [0.05, 0.1) is 12.1 Å². The number of aromatic nitrogens is 4. The Morgan fingerprint density at radius 1 is 1.09 bits per heavy atom. The minimum atomic E-state index is -0.277. The highest BCUT2D eigenvalue weighted by Crippen LogP contribution is 2.28. The summed E-state index contributed by atoms with van der Waals surface area (Å²) in [7, 11) is 0. The first-order chi connectivity index (χ1) is 15.6. The molecule has 9 nitrogen and oxygen atoms in total. The van der Waals surface area contributed by atoms with Crippen molar-refractivity contribution in [1.29, 1.82) is 0 Å². The lowest BCUT2D eigenvalue weighted by molar-refractivity contribution is -0.125. The summed E-state index contributed by atoms with van der Waals surface area (Å²) in [5.74, 6) is 2.06. The van der Waals surface area contributed by atoms with Crippen molar-refractivity contribution in [1.82, 2.24) is 25.3 Å². The van der Waals surface area contributed by atoms with Crippen LogP contribution in [0.1, 0.15) is 18.4 Å². The van der Waals surface area contributed by atoms with Crippen LogP contribution in [0, 0.1) is 11.7 Å². The normalized spacial score (nSPS) is 15.7. The second-order valence-corrected chi connectivity index (χ2v) is 8.02. The largest absolute Gasteiger partial charge is 0.355 e. The molecule has 5 rings (SSSR count). The van der Waals surface area contributed by atoms with Crippen molar-refractivity contribution in [2.75, 3.05) is 28.6 Å². The van der Waals surface area contributed by atoms with Gasteiger partial charge in [-0.15, -0.1) is 0 Å². The van der Waals surface area contributed by atoms with Gasteiger partial charge in [-0.3, -0.25) is 9.78 Å². The van der Waals surface area contributed by atoms with Crippen LogP contribution in [0.25, 0.3) is 0 Å². The third-order valence-corrected chi connectivity index (χ3v) is 5.40. The molecule has 164 valence electrons. The number of hydrogen-bond donors (Lipinski definition) is 3. The molecule has 10 heteroatoms. The van der Waals surface area contributed by atoms with Crippen molar-refractivity contribution in [3.8, 4) is 0 Å². The molecule has 3 aromatic rings. The number of halogens is 1. The molecule has 1 saturated carbocycles. The molecule has 0 radical (unpaired) electrons. The maximum absolute atomic E-state index is 13.2. The maximum atomic E-state index is 13.2. The SMILES string of the molecule is O=C(NC1CC1)C1CN(c2cc(Nc3cnccn3)nc(NCc3ccc(F)cc3)n2)C1. The first-order valence-electron chi connectivity index (χ1n) is 10.6. The van der Waals surface area contributed by atoms with Crippen LogP contribution in [0.4, 0.5) is 27.8 Å². The van der Waals surface area contributed by atoms with E-state index in [0.29, 0.717) is 49.1 Å². The number of carbonyl (C=O) groups is 1. The first kappa shape index (κ1) is 20.1. The van der Waals surface area contributed by atoms with Crippen molar-refractivity contribution in [2.24, 2.45) is 5.92 Å². The minimum Gasteiger partial charge on any atom is -0.355 e. The van der Waals surface area contributed by atoms with Gasteiger partial charge in [0.25, 0.3) is 0 Å². The molecule has 2 aliphatic rings. The van der Waals surface area contributed by atoms with Crippen molar-refractivity contribution in [3.05, 3.63) is 60.3 Å². The molecule has 3 heterocycles. The summed E-state index contributed by atoms with van der Waals surface area (Å²) >= 11 is 0. The number of anilines is 4. The van der Waals surface area contributed by atoms with Crippen LogP contribution in [0.3, 0.4) is 0 Å². The van der Waals surface area contributed by atoms with Crippen LogP contribution in [-0.4, -0.2) is 45.0 Å². The minimum absolute atomic E-state index is 0.0300. The van der Waals surface area contributed by atoms with E-state index in [0.717, 1.165) is 18.4 Å². The highest BCUT2D eigenvalue weighted by molar-refractivity contribution is 5.82. The van der Waals surface area contributed by atoms with Crippen LogP contribution >= 0.6 is 0 Å². The number of amides is 1. The van der Waals surface area contributed by atoms with Gasteiger partial charge in [0.15, 0.2) is 0 Å². The number of nitrogens with zero attached hydrogens (tertiary/aromatic N) is 5. The second-order valence-electron chi connectivity index (χ2n) is 8.02. The predicted octanol–water partition coefficient (Wildman–Crippen LogP) is 2.48. The predicted molar refractivity (Wildman–Crippen MR) is 118 cm³/mol. The number of rotatable bonds is 8. The zero-order valence-corrected chi connectivity index (χ0v) is 17.3. The fraction of sp³-hybridized carbons (Fsp3) is 0.318. The molecule has 32 heavy (non-hydrogen) atoms. The molecule has 1 aliphatic heterocycles. The lowest BCUT2D eigenvalue weighted by Gasteiger charge is -2.39. The number of nitrogens with one attached hydrogen (secondary N) is 3. The molecule has 1 amide bonds. The van der Waals surface area contributed by atoms with Gasteiger partial charge in [0.1, 0.15) is 23.3 Å². The van der Waals surface area contributed by atoms with E-state index in [1.54, 1.807) is 30.7 Å². The molecule has 3 N–H and O–H groups in total. The van der Waals surface area contributed by atoms with Crippen molar-refractivity contribution < 1.29 is 9.18 Å². The third kappa shape index (κ3) is 4.90. The Bertz CT molecular complexity index is 1080. The van der Waals surface area contributed by atoms with Crippen molar-refractivity contribution in [2.45, 2.75) is 25.4 Å². The van der Waals surface area contributed by atoms with Gasteiger partial charge in [0, 0.05) is 44.1 Å². The van der Waals surface area contributed by atoms with E-state index in [2.05, 4.69) is 35.9 Å². The molecule has 0 atom stereocenters. The Hall–Kier alpha value is -3.82. The molecule has 2 aromatic heterocycles. The average Bonchev–Trinajstić information content (AvgIpc) is 3.57. The summed E-state index contributed by atoms with van der Waals surface area (Å²) in [6.07, 6.45) is 6.95. The highest BCUT2D eigenvalue weighted by Gasteiger charge is 2.36. The van der Waals surface area contributed by atoms with Crippen LogP contribution < -0.4 is 20.9 Å². The quantitative estimate of drug-likeness (QED) is 0.496. The van der Waals surface area contributed by atoms with E-state index in [-0.39, 0.29) is 17.6 Å². The van der Waals surface area contributed by atoms with Gasteiger partial charge < -0.3 is 20.9 Å². The molecule has 0 bridgehead atoms. The van der Waals surface area contributed by atoms with Crippen LogP contribution in [0.2, 0.25) is 0 Å². The Kier molecular flexibility index (Phi) is 5.49. The number of hydrogen-bond acceptors (Lipinski definition) is 8. The summed E-state index contributed by atoms with van der Waals surface area (Å²) in [6.45, 7) is 1.66. The third-order valence-electron chi connectivity index (χ3n) is 5.40. The average molecular weight is 434 g/mol. The summed E-state index contributed by atoms with van der Waals surface area (Å²) < 4.78 is 13.2. The van der Waals surface area contributed by atoms with Crippen molar-refractivity contribution in [3.63, 3.8) is 0 Å². The monoisotopic (exact) mass is 434 g/mol. The summed E-state index contributed by atoms with van der Waals surface area (Å²) in [6, 6.07) is 8.45. The van der Waals surface area contributed by atoms with Crippen LogP contribution in [0.15, 0.2) is 48.9 Å². The fourth-order valence-electron chi connectivity index (χ4n) is 3.40. The number of benzene rings is 1.